The molecule has 0 fully saturated rings. The van der Waals surface area contributed by atoms with Crippen LogP contribution in [0.2, 0.25) is 0 Å². The number of aryl methyl sites for hydroxylation is 1. The van der Waals surface area contributed by atoms with Gasteiger partial charge in [0.25, 0.3) is 5.76 Å². The molecule has 1 aromatic carbocycles. The van der Waals surface area contributed by atoms with Crippen molar-refractivity contribution in [2.24, 2.45) is 0 Å². The topological polar surface area (TPSA) is 28.7 Å². The third-order valence-corrected chi connectivity index (χ3v) is 4.02. The van der Waals surface area contributed by atoms with Crippen LogP contribution in [0.3, 0.4) is 0 Å². The number of hydrogen-bond donors (Lipinski definition) is 1. The van der Waals surface area contributed by atoms with Crippen molar-refractivity contribution < 1.29 is 8.78 Å². The Kier molecular flexibility index (Phi) is 4.88. The summed E-state index contributed by atoms with van der Waals surface area (Å²) in [5.74, 6) is -1.58. The molecule has 0 spiro atoms. The molecular weight excluding hydrogens is 298 g/mol. The first-order valence-electron chi connectivity index (χ1n) is 6.16. The van der Waals surface area contributed by atoms with Crippen LogP contribution < -0.4 is 0 Å². The van der Waals surface area contributed by atoms with Gasteiger partial charge in [-0.25, -0.2) is 4.98 Å². The van der Waals surface area contributed by atoms with Crippen molar-refractivity contribution in [1.29, 1.82) is 0 Å². The molecule has 0 saturated heterocycles. The first kappa shape index (κ1) is 15.1. The summed E-state index contributed by atoms with van der Waals surface area (Å²) in [7, 11) is 0. The first-order valence-corrected chi connectivity index (χ1v) is 7.45. The van der Waals surface area contributed by atoms with E-state index in [9.17, 15) is 8.78 Å². The fourth-order valence-corrected chi connectivity index (χ4v) is 2.55. The zero-order valence-corrected chi connectivity index (χ0v) is 12.7. The van der Waals surface area contributed by atoms with Crippen LogP contribution in [0.4, 0.5) is 8.78 Å². The van der Waals surface area contributed by atoms with Gasteiger partial charge in [-0.15, -0.1) is 0 Å². The number of aromatic nitrogens is 2. The van der Waals surface area contributed by atoms with Crippen LogP contribution in [0.15, 0.2) is 29.2 Å². The molecule has 0 aliphatic carbocycles. The monoisotopic (exact) mass is 312 g/mol. The number of nitrogens with one attached hydrogen (secondary N) is 1. The second-order valence-electron chi connectivity index (χ2n) is 4.25. The third kappa shape index (κ3) is 3.43. The number of aromatic amines is 1. The SMILES string of the molecule is CCc1nc(=S)c(C)c(-c2ccc(SC(F)F)cc2)[nH]1. The predicted molar refractivity (Wildman–Crippen MR) is 80.8 cm³/mol. The van der Waals surface area contributed by atoms with Gasteiger partial charge >= 0.3 is 0 Å². The average Bonchev–Trinajstić information content (AvgIpc) is 2.42. The fraction of sp³-hybridized carbons (Fsp3) is 0.286. The van der Waals surface area contributed by atoms with Crippen molar-refractivity contribution in [3.63, 3.8) is 0 Å². The first-order chi connectivity index (χ1) is 9.51. The standard InChI is InChI=1S/C14H14F2N2S2/c1-3-11-17-12(8(2)13(19)18-11)9-4-6-10(7-5-9)20-14(15)16/h4-7,14H,3H2,1-2H3,(H,17,18,19). The number of rotatable bonds is 4. The highest BCUT2D eigenvalue weighted by Gasteiger charge is 2.09. The average molecular weight is 312 g/mol. The van der Waals surface area contributed by atoms with Gasteiger partial charge in [-0.3, -0.25) is 0 Å². The molecule has 0 amide bonds. The van der Waals surface area contributed by atoms with E-state index < -0.39 is 5.76 Å². The fourth-order valence-electron chi connectivity index (χ4n) is 1.84. The lowest BCUT2D eigenvalue weighted by Crippen LogP contribution is -1.99. The molecule has 1 aromatic heterocycles. The maximum atomic E-state index is 12.3. The summed E-state index contributed by atoms with van der Waals surface area (Å²) in [6.07, 6.45) is 0.760. The van der Waals surface area contributed by atoms with Crippen molar-refractivity contribution in [3.05, 3.63) is 40.3 Å². The summed E-state index contributed by atoms with van der Waals surface area (Å²) < 4.78 is 25.2. The van der Waals surface area contributed by atoms with Crippen molar-refractivity contribution in [3.8, 4) is 11.3 Å². The Morgan fingerprint density at radius 2 is 1.95 bits per heavy atom. The molecular formula is C14H14F2N2S2. The van der Waals surface area contributed by atoms with Crippen LogP contribution in [-0.4, -0.2) is 15.7 Å². The minimum atomic E-state index is -2.40. The molecule has 0 aliphatic heterocycles. The zero-order valence-electron chi connectivity index (χ0n) is 11.1. The maximum Gasteiger partial charge on any atom is 0.288 e. The lowest BCUT2D eigenvalue weighted by Gasteiger charge is -2.09. The zero-order chi connectivity index (χ0) is 14.7. The Labute approximate surface area is 125 Å². The number of alkyl halides is 2. The van der Waals surface area contributed by atoms with Gasteiger partial charge in [-0.2, -0.15) is 8.78 Å². The quantitative estimate of drug-likeness (QED) is 0.637. The Balaban J connectivity index is 2.41. The van der Waals surface area contributed by atoms with Crippen LogP contribution in [0.1, 0.15) is 18.3 Å². The van der Waals surface area contributed by atoms with Crippen LogP contribution in [0.5, 0.6) is 0 Å². The molecule has 106 valence electrons. The van der Waals surface area contributed by atoms with Gasteiger partial charge in [-0.1, -0.05) is 43.0 Å². The molecule has 2 nitrogen and oxygen atoms in total. The molecule has 2 rings (SSSR count). The summed E-state index contributed by atoms with van der Waals surface area (Å²) >= 11 is 5.78. The van der Waals surface area contributed by atoms with Gasteiger partial charge in [0, 0.05) is 16.9 Å². The Morgan fingerprint density at radius 1 is 1.30 bits per heavy atom. The molecule has 1 heterocycles. The molecule has 0 atom stereocenters. The van der Waals surface area contributed by atoms with Crippen molar-refractivity contribution in [2.75, 3.05) is 0 Å². The smallest absolute Gasteiger partial charge is 0.288 e. The highest BCUT2D eigenvalue weighted by Crippen LogP contribution is 2.28. The van der Waals surface area contributed by atoms with E-state index in [4.69, 9.17) is 12.2 Å². The molecule has 0 bridgehead atoms. The summed E-state index contributed by atoms with van der Waals surface area (Å²) in [6.45, 7) is 3.90. The highest BCUT2D eigenvalue weighted by atomic mass is 32.2. The van der Waals surface area contributed by atoms with E-state index in [1.165, 1.54) is 0 Å². The lowest BCUT2D eigenvalue weighted by molar-refractivity contribution is 0.252. The van der Waals surface area contributed by atoms with Gasteiger partial charge < -0.3 is 4.98 Å². The normalized spacial score (nSPS) is 11.1. The second kappa shape index (κ2) is 6.45. The minimum Gasteiger partial charge on any atom is -0.343 e. The summed E-state index contributed by atoms with van der Waals surface area (Å²) in [6, 6.07) is 7.01. The largest absolute Gasteiger partial charge is 0.343 e. The second-order valence-corrected chi connectivity index (χ2v) is 5.70. The summed E-state index contributed by atoms with van der Waals surface area (Å²) in [4.78, 5) is 8.08. The summed E-state index contributed by atoms with van der Waals surface area (Å²) in [5, 5.41) is 0. The Hall–Kier alpha value is -1.27. The molecule has 1 N–H and O–H groups in total. The van der Waals surface area contributed by atoms with E-state index in [1.54, 1.807) is 12.1 Å². The lowest BCUT2D eigenvalue weighted by atomic mass is 10.1. The van der Waals surface area contributed by atoms with E-state index in [1.807, 2.05) is 26.0 Å². The van der Waals surface area contributed by atoms with Gasteiger partial charge in [-0.05, 0) is 24.6 Å². The van der Waals surface area contributed by atoms with Crippen LogP contribution in [0.25, 0.3) is 11.3 Å². The molecule has 0 aliphatic rings. The van der Waals surface area contributed by atoms with Gasteiger partial charge in [0.05, 0.1) is 5.69 Å². The Morgan fingerprint density at radius 3 is 2.50 bits per heavy atom. The summed E-state index contributed by atoms with van der Waals surface area (Å²) in [5.41, 5.74) is 2.71. The minimum absolute atomic E-state index is 0.541. The van der Waals surface area contributed by atoms with Crippen LogP contribution >= 0.6 is 24.0 Å². The number of benzene rings is 1. The van der Waals surface area contributed by atoms with Gasteiger partial charge in [0.2, 0.25) is 0 Å². The van der Waals surface area contributed by atoms with E-state index in [0.29, 0.717) is 21.3 Å². The molecule has 0 unspecified atom stereocenters. The number of hydrogen-bond acceptors (Lipinski definition) is 3. The van der Waals surface area contributed by atoms with Crippen molar-refractivity contribution >= 4 is 24.0 Å². The molecule has 20 heavy (non-hydrogen) atoms. The molecule has 0 radical (unpaired) electrons. The van der Waals surface area contributed by atoms with Crippen molar-refractivity contribution in [1.82, 2.24) is 9.97 Å². The third-order valence-electron chi connectivity index (χ3n) is 2.90. The van der Waals surface area contributed by atoms with Gasteiger partial charge in [0.15, 0.2) is 0 Å². The van der Waals surface area contributed by atoms with E-state index >= 15 is 0 Å². The number of thioether (sulfide) groups is 1. The van der Waals surface area contributed by atoms with Crippen LogP contribution in [-0.2, 0) is 6.42 Å². The number of nitrogens with zero attached hydrogens (tertiary/aromatic N) is 1. The van der Waals surface area contributed by atoms with E-state index in [-0.39, 0.29) is 0 Å². The van der Waals surface area contributed by atoms with Crippen molar-refractivity contribution in [2.45, 2.75) is 30.9 Å². The number of halogens is 2. The van der Waals surface area contributed by atoms with E-state index in [0.717, 1.165) is 29.1 Å². The maximum absolute atomic E-state index is 12.3. The number of H-pyrrole nitrogens is 1. The highest BCUT2D eigenvalue weighted by molar-refractivity contribution is 7.99. The molecule has 0 saturated carbocycles. The Bertz CT molecular complexity index is 651. The molecule has 2 aromatic rings. The molecule has 6 heteroatoms. The predicted octanol–water partition coefficient (Wildman–Crippen LogP) is 4.99. The van der Waals surface area contributed by atoms with E-state index in [2.05, 4.69) is 9.97 Å². The van der Waals surface area contributed by atoms with Crippen LogP contribution in [0, 0.1) is 11.6 Å². The van der Waals surface area contributed by atoms with Gasteiger partial charge in [0.1, 0.15) is 10.5 Å².